The maximum Gasteiger partial charge on any atom is 0.233 e. The number of nitrogens with one attached hydrogen (secondary N) is 1. The number of amides is 1. The first-order valence-electron chi connectivity index (χ1n) is 16.3. The number of benzene rings is 3. The highest BCUT2D eigenvalue weighted by Gasteiger charge is 2.49. The van der Waals surface area contributed by atoms with Crippen LogP contribution in [0.25, 0.3) is 0 Å². The van der Waals surface area contributed by atoms with E-state index < -0.39 is 66.9 Å². The summed E-state index contributed by atoms with van der Waals surface area (Å²) < 4.78 is 19.1. The monoisotopic (exact) mass is 674 g/mol. The summed E-state index contributed by atoms with van der Waals surface area (Å²) in [7, 11) is 0. The van der Waals surface area contributed by atoms with Crippen molar-refractivity contribution in [2.45, 2.75) is 68.2 Å². The fourth-order valence-corrected chi connectivity index (χ4v) is 6.59. The van der Waals surface area contributed by atoms with Crippen molar-refractivity contribution >= 4 is 17.8 Å². The van der Waals surface area contributed by atoms with E-state index in [1.54, 1.807) is 17.0 Å². The zero-order chi connectivity index (χ0) is 35.3. The van der Waals surface area contributed by atoms with Gasteiger partial charge in [0.05, 0.1) is 31.3 Å². The highest BCUT2D eigenvalue weighted by molar-refractivity contribution is 6.03. The summed E-state index contributed by atoms with van der Waals surface area (Å²) in [5.41, 5.74) is 2.68. The molecule has 0 bridgehead atoms. The average Bonchev–Trinajstić information content (AvgIpc) is 3.12. The third-order valence-electron chi connectivity index (χ3n) is 9.63. The number of aliphatic hydroxyl groups excluding tert-OH is 5. The van der Waals surface area contributed by atoms with Crippen LogP contribution in [0.3, 0.4) is 0 Å². The van der Waals surface area contributed by atoms with E-state index in [1.165, 1.54) is 24.3 Å². The SMILES string of the molecule is CC1(c2ccc([C@@H]3[C@@H](CC[C@H](O)c4ccc(F)cc4)C(=O)N3c3ccccc3)c(O)c2)C=CC(C(CO)O[C@H](CO)[C@@H](O)[C@H](O)C=N)=CC1. The predicted molar refractivity (Wildman–Crippen MR) is 182 cm³/mol. The normalized spacial score (nSPS) is 23.6. The van der Waals surface area contributed by atoms with Gasteiger partial charge in [0.25, 0.3) is 0 Å². The molecular formula is C38H43FN2O8. The lowest BCUT2D eigenvalue weighted by Crippen LogP contribution is -2.55. The molecule has 0 aromatic heterocycles. The first-order chi connectivity index (χ1) is 23.5. The number of carbonyl (C=O) groups is 1. The van der Waals surface area contributed by atoms with Gasteiger partial charge in [-0.25, -0.2) is 4.39 Å². The van der Waals surface area contributed by atoms with Crippen LogP contribution in [0.2, 0.25) is 0 Å². The van der Waals surface area contributed by atoms with Gasteiger partial charge in [-0.1, -0.05) is 67.6 Å². The van der Waals surface area contributed by atoms with E-state index in [0.29, 0.717) is 41.4 Å². The molecule has 1 aliphatic heterocycles. The van der Waals surface area contributed by atoms with Crippen molar-refractivity contribution in [3.05, 3.63) is 119 Å². The Morgan fingerprint density at radius 1 is 1.04 bits per heavy atom. The number of β-lactam (4-membered cyclic amide) rings is 1. The largest absolute Gasteiger partial charge is 0.508 e. The predicted octanol–water partition coefficient (Wildman–Crippen LogP) is 4.00. The van der Waals surface area contributed by atoms with Gasteiger partial charge in [0, 0.05) is 22.9 Å². The molecular weight excluding hydrogens is 631 g/mol. The number of nitrogens with zero attached hydrogens (tertiary/aromatic N) is 1. The summed E-state index contributed by atoms with van der Waals surface area (Å²) in [5.74, 6) is -0.996. The molecule has 260 valence electrons. The first-order valence-corrected chi connectivity index (χ1v) is 16.3. The number of phenolic OH excluding ortho intramolecular Hbond substituents is 1. The van der Waals surface area contributed by atoms with E-state index >= 15 is 0 Å². The van der Waals surface area contributed by atoms with Crippen LogP contribution in [0.15, 0.2) is 96.6 Å². The molecule has 2 aliphatic rings. The van der Waals surface area contributed by atoms with Crippen molar-refractivity contribution in [2.24, 2.45) is 5.92 Å². The molecule has 5 rings (SSSR count). The number of phenols is 1. The van der Waals surface area contributed by atoms with Crippen molar-refractivity contribution in [2.75, 3.05) is 18.1 Å². The second-order valence-corrected chi connectivity index (χ2v) is 12.8. The summed E-state index contributed by atoms with van der Waals surface area (Å²) in [4.78, 5) is 15.2. The van der Waals surface area contributed by atoms with Gasteiger partial charge in [-0.2, -0.15) is 0 Å². The van der Waals surface area contributed by atoms with Gasteiger partial charge in [-0.3, -0.25) is 4.79 Å². The van der Waals surface area contributed by atoms with E-state index in [1.807, 2.05) is 61.5 Å². The Bertz CT molecular complexity index is 1670. The lowest BCUT2D eigenvalue weighted by atomic mass is 9.73. The lowest BCUT2D eigenvalue weighted by Gasteiger charge is -2.48. The molecule has 0 saturated carbocycles. The Balaban J connectivity index is 1.34. The molecule has 2 unspecified atom stereocenters. The molecule has 49 heavy (non-hydrogen) atoms. The van der Waals surface area contributed by atoms with Crippen LogP contribution in [0.5, 0.6) is 5.75 Å². The maximum absolute atomic E-state index is 13.5. The summed E-state index contributed by atoms with van der Waals surface area (Å²) in [6.07, 6.45) is 1.18. The van der Waals surface area contributed by atoms with Gasteiger partial charge in [0.2, 0.25) is 5.91 Å². The Kier molecular flexibility index (Phi) is 11.4. The highest BCUT2D eigenvalue weighted by Crippen LogP contribution is 2.49. The fourth-order valence-electron chi connectivity index (χ4n) is 6.59. The van der Waals surface area contributed by atoms with Crippen molar-refractivity contribution in [3.63, 3.8) is 0 Å². The Labute approximate surface area is 284 Å². The highest BCUT2D eigenvalue weighted by atomic mass is 19.1. The summed E-state index contributed by atoms with van der Waals surface area (Å²) in [5, 5.41) is 69.1. The molecule has 1 fully saturated rings. The second kappa shape index (κ2) is 15.5. The molecule has 8 atom stereocenters. The Hall–Kier alpha value is -4.23. The van der Waals surface area contributed by atoms with Crippen LogP contribution in [0.4, 0.5) is 10.1 Å². The fraction of sp³-hybridized carbons (Fsp3) is 0.368. The van der Waals surface area contributed by atoms with Crippen LogP contribution in [-0.2, 0) is 14.9 Å². The number of aliphatic hydroxyl groups is 5. The molecule has 3 aromatic carbocycles. The van der Waals surface area contributed by atoms with Gasteiger partial charge in [0.15, 0.2) is 0 Å². The molecule has 3 aromatic rings. The van der Waals surface area contributed by atoms with Crippen LogP contribution < -0.4 is 4.90 Å². The van der Waals surface area contributed by atoms with E-state index in [0.717, 1.165) is 5.56 Å². The molecule has 0 radical (unpaired) electrons. The number of rotatable bonds is 15. The number of carbonyl (C=O) groups excluding carboxylic acids is 1. The molecule has 1 aliphatic carbocycles. The van der Waals surface area contributed by atoms with E-state index in [9.17, 15) is 39.8 Å². The van der Waals surface area contributed by atoms with Gasteiger partial charge in [0.1, 0.15) is 36.0 Å². The van der Waals surface area contributed by atoms with Crippen molar-refractivity contribution in [3.8, 4) is 5.75 Å². The van der Waals surface area contributed by atoms with Gasteiger partial charge < -0.3 is 45.7 Å². The summed E-state index contributed by atoms with van der Waals surface area (Å²) >= 11 is 0. The van der Waals surface area contributed by atoms with Gasteiger partial charge in [-0.05, 0) is 66.3 Å². The number of halogens is 1. The van der Waals surface area contributed by atoms with Crippen LogP contribution in [0, 0.1) is 17.1 Å². The van der Waals surface area contributed by atoms with E-state index in [4.69, 9.17) is 10.1 Å². The first kappa shape index (κ1) is 36.1. The maximum atomic E-state index is 13.5. The molecule has 11 heteroatoms. The minimum atomic E-state index is -1.56. The Morgan fingerprint density at radius 2 is 1.76 bits per heavy atom. The van der Waals surface area contributed by atoms with Crippen LogP contribution >= 0.6 is 0 Å². The zero-order valence-electron chi connectivity index (χ0n) is 27.1. The molecule has 7 N–H and O–H groups in total. The number of para-hydroxylation sites is 1. The molecule has 1 heterocycles. The summed E-state index contributed by atoms with van der Waals surface area (Å²) in [6.45, 7) is 0.906. The average molecular weight is 675 g/mol. The standard InChI is InChI=1S/C38H43FN2O8/c1-38(17-15-24(16-18-38)33(21-42)49-34(22-43)36(47)32(46)20-40)25-9-12-28(31(45)19-25)35-29(37(48)41(35)27-5-3-2-4-6-27)13-14-30(44)23-7-10-26(39)11-8-23/h2-12,15-17,19-20,29-30,32-36,40,42-47H,13-14,18,21-22H2,1H3/t29-,30+,32-,33?,34-,35-,36+,38?/m1/s1. The molecule has 10 nitrogen and oxygen atoms in total. The van der Waals surface area contributed by atoms with Crippen molar-refractivity contribution < 1.29 is 44.6 Å². The molecule has 1 saturated heterocycles. The number of allylic oxidation sites excluding steroid dienone is 2. The topological polar surface area (TPSA) is 175 Å². The minimum absolute atomic E-state index is 0.0190. The number of ether oxygens (including phenoxy) is 1. The van der Waals surface area contributed by atoms with Crippen LogP contribution in [0.1, 0.15) is 55.0 Å². The van der Waals surface area contributed by atoms with E-state index in [-0.39, 0.29) is 18.1 Å². The van der Waals surface area contributed by atoms with Crippen molar-refractivity contribution in [1.82, 2.24) is 0 Å². The lowest BCUT2D eigenvalue weighted by molar-refractivity contribution is -0.131. The third-order valence-corrected chi connectivity index (χ3v) is 9.63. The second-order valence-electron chi connectivity index (χ2n) is 12.8. The zero-order valence-corrected chi connectivity index (χ0v) is 27.1. The smallest absolute Gasteiger partial charge is 0.233 e. The Morgan fingerprint density at radius 3 is 2.35 bits per heavy atom. The number of hydrogen-bond donors (Lipinski definition) is 7. The minimum Gasteiger partial charge on any atom is -0.508 e. The third kappa shape index (κ3) is 7.67. The van der Waals surface area contributed by atoms with Crippen LogP contribution in [-0.4, -0.2) is 80.4 Å². The number of aromatic hydroxyl groups is 1. The molecule has 0 spiro atoms. The van der Waals surface area contributed by atoms with E-state index in [2.05, 4.69) is 0 Å². The quantitative estimate of drug-likeness (QED) is 0.0936. The number of hydrogen-bond acceptors (Lipinski definition) is 9. The van der Waals surface area contributed by atoms with Gasteiger partial charge >= 0.3 is 0 Å². The molecule has 1 amide bonds. The number of anilines is 1. The van der Waals surface area contributed by atoms with Crippen molar-refractivity contribution in [1.29, 1.82) is 5.41 Å². The van der Waals surface area contributed by atoms with Gasteiger partial charge in [-0.15, -0.1) is 0 Å². The summed E-state index contributed by atoms with van der Waals surface area (Å²) in [6, 6.07) is 19.8.